The highest BCUT2D eigenvalue weighted by Gasteiger charge is 2.20. The van der Waals surface area contributed by atoms with Crippen molar-refractivity contribution in [1.29, 1.82) is 0 Å². The normalized spacial score (nSPS) is 11.3. The van der Waals surface area contributed by atoms with Gasteiger partial charge in [0.2, 0.25) is 0 Å². The van der Waals surface area contributed by atoms with E-state index in [9.17, 15) is 4.79 Å². The molecule has 5 heteroatoms. The molecule has 24 heavy (non-hydrogen) atoms. The molecule has 0 aliphatic heterocycles. The summed E-state index contributed by atoms with van der Waals surface area (Å²) in [5, 5.41) is 0. The maximum absolute atomic E-state index is 12.7. The van der Waals surface area contributed by atoms with Gasteiger partial charge in [-0.2, -0.15) is 0 Å². The second-order valence-corrected chi connectivity index (χ2v) is 5.62. The summed E-state index contributed by atoms with van der Waals surface area (Å²) in [5.74, 6) is 0.852. The van der Waals surface area contributed by atoms with Gasteiger partial charge in [-0.1, -0.05) is 18.2 Å². The molecule has 0 aliphatic rings. The van der Waals surface area contributed by atoms with Crippen LogP contribution in [0.3, 0.4) is 0 Å². The van der Waals surface area contributed by atoms with Crippen LogP contribution < -0.4 is 10.5 Å². The van der Waals surface area contributed by atoms with Crippen molar-refractivity contribution in [3.8, 4) is 5.75 Å². The monoisotopic (exact) mass is 348 g/mol. The third kappa shape index (κ3) is 4.90. The maximum Gasteiger partial charge on any atom is 0.254 e. The number of likely N-dealkylation sites (N-methyl/N-ethyl adjacent to an activating group) is 1. The van der Waals surface area contributed by atoms with Crippen molar-refractivity contribution in [1.82, 2.24) is 4.90 Å². The molecule has 0 saturated heterocycles. The van der Waals surface area contributed by atoms with E-state index in [-0.39, 0.29) is 24.4 Å². The zero-order chi connectivity index (χ0) is 16.8. The van der Waals surface area contributed by atoms with Crippen molar-refractivity contribution < 1.29 is 9.53 Å². The molecular formula is C19H25ClN2O2. The van der Waals surface area contributed by atoms with Crippen molar-refractivity contribution in [2.45, 2.75) is 26.3 Å². The molecule has 0 heterocycles. The molecule has 2 aromatic carbocycles. The van der Waals surface area contributed by atoms with E-state index >= 15 is 0 Å². The molecule has 1 unspecified atom stereocenters. The Morgan fingerprint density at radius 3 is 2.42 bits per heavy atom. The predicted octanol–water partition coefficient (Wildman–Crippen LogP) is 3.79. The van der Waals surface area contributed by atoms with E-state index in [1.54, 1.807) is 25.3 Å². The first kappa shape index (κ1) is 19.8. The number of nitrogen functional groups attached to an aromatic ring is 1. The standard InChI is InChI=1S/C19H24N2O2.ClH/c1-4-21(19(22)16-6-5-7-17(20)13-16)14(2)12-15-8-10-18(23-3)11-9-15;/h5-11,13-14H,4,12,20H2,1-3H3;1H. The summed E-state index contributed by atoms with van der Waals surface area (Å²) in [4.78, 5) is 14.6. The van der Waals surface area contributed by atoms with Crippen molar-refractivity contribution in [2.24, 2.45) is 0 Å². The van der Waals surface area contributed by atoms with Gasteiger partial charge >= 0.3 is 0 Å². The fourth-order valence-electron chi connectivity index (χ4n) is 2.71. The van der Waals surface area contributed by atoms with Crippen molar-refractivity contribution in [2.75, 3.05) is 19.4 Å². The number of nitrogens with two attached hydrogens (primary N) is 1. The lowest BCUT2D eigenvalue weighted by Crippen LogP contribution is -2.39. The summed E-state index contributed by atoms with van der Waals surface area (Å²) < 4.78 is 5.17. The Bertz CT molecular complexity index is 659. The Kier molecular flexibility index (Phi) is 7.59. The molecule has 0 radical (unpaired) electrons. The van der Waals surface area contributed by atoms with Crippen LogP contribution in [-0.4, -0.2) is 30.5 Å². The van der Waals surface area contributed by atoms with Crippen LogP contribution in [0.25, 0.3) is 0 Å². The highest BCUT2D eigenvalue weighted by Crippen LogP contribution is 2.17. The molecule has 0 aliphatic carbocycles. The van der Waals surface area contributed by atoms with Gasteiger partial charge < -0.3 is 15.4 Å². The Balaban J connectivity index is 0.00000288. The van der Waals surface area contributed by atoms with E-state index < -0.39 is 0 Å². The lowest BCUT2D eigenvalue weighted by atomic mass is 10.0. The molecule has 2 N–H and O–H groups in total. The van der Waals surface area contributed by atoms with Crippen molar-refractivity contribution in [3.63, 3.8) is 0 Å². The topological polar surface area (TPSA) is 55.6 Å². The van der Waals surface area contributed by atoms with Crippen molar-refractivity contribution >= 4 is 24.0 Å². The Hall–Kier alpha value is -2.20. The van der Waals surface area contributed by atoms with Crippen LogP contribution >= 0.6 is 12.4 Å². The van der Waals surface area contributed by atoms with Gasteiger partial charge in [0.05, 0.1) is 7.11 Å². The number of rotatable bonds is 6. The summed E-state index contributed by atoms with van der Waals surface area (Å²) in [6, 6.07) is 15.2. The fraction of sp³-hybridized carbons (Fsp3) is 0.316. The lowest BCUT2D eigenvalue weighted by Gasteiger charge is -2.28. The minimum absolute atomic E-state index is 0. The largest absolute Gasteiger partial charge is 0.497 e. The van der Waals surface area contributed by atoms with Gasteiger partial charge in [-0.25, -0.2) is 0 Å². The average molecular weight is 349 g/mol. The Morgan fingerprint density at radius 1 is 1.21 bits per heavy atom. The number of ether oxygens (including phenoxy) is 1. The molecule has 0 fully saturated rings. The highest BCUT2D eigenvalue weighted by molar-refractivity contribution is 5.95. The smallest absolute Gasteiger partial charge is 0.254 e. The molecule has 0 aromatic heterocycles. The molecule has 2 rings (SSSR count). The van der Waals surface area contributed by atoms with Gasteiger partial charge in [-0.05, 0) is 56.2 Å². The molecule has 2 aromatic rings. The Labute approximate surface area is 150 Å². The van der Waals surface area contributed by atoms with Gasteiger partial charge in [0.25, 0.3) is 5.91 Å². The molecular weight excluding hydrogens is 324 g/mol. The third-order valence-corrected chi connectivity index (χ3v) is 3.96. The Morgan fingerprint density at radius 2 is 1.88 bits per heavy atom. The molecule has 0 spiro atoms. The number of carbonyl (C=O) groups is 1. The van der Waals surface area contributed by atoms with Crippen LogP contribution in [-0.2, 0) is 6.42 Å². The van der Waals surface area contributed by atoms with Gasteiger partial charge in [0, 0.05) is 23.8 Å². The molecule has 130 valence electrons. The third-order valence-electron chi connectivity index (χ3n) is 3.96. The number of halogens is 1. The minimum Gasteiger partial charge on any atom is -0.497 e. The summed E-state index contributed by atoms with van der Waals surface area (Å²) >= 11 is 0. The summed E-state index contributed by atoms with van der Waals surface area (Å²) in [5.41, 5.74) is 8.20. The molecule has 1 atom stereocenters. The second-order valence-electron chi connectivity index (χ2n) is 5.62. The van der Waals surface area contributed by atoms with Crippen LogP contribution in [0.4, 0.5) is 5.69 Å². The average Bonchev–Trinajstić information content (AvgIpc) is 2.56. The SMILES string of the molecule is CCN(C(=O)c1cccc(N)c1)C(C)Cc1ccc(OC)cc1.Cl. The summed E-state index contributed by atoms with van der Waals surface area (Å²) in [7, 11) is 1.65. The minimum atomic E-state index is 0. The lowest BCUT2D eigenvalue weighted by molar-refractivity contribution is 0.0703. The van der Waals surface area contributed by atoms with Crippen LogP contribution in [0, 0.1) is 0 Å². The number of carbonyl (C=O) groups excluding carboxylic acids is 1. The quantitative estimate of drug-likeness (QED) is 0.808. The van der Waals surface area contributed by atoms with E-state index in [0.29, 0.717) is 17.8 Å². The first-order chi connectivity index (χ1) is 11.0. The molecule has 1 amide bonds. The number of hydrogen-bond donors (Lipinski definition) is 1. The predicted molar refractivity (Wildman–Crippen MR) is 101 cm³/mol. The molecule has 4 nitrogen and oxygen atoms in total. The fourth-order valence-corrected chi connectivity index (χ4v) is 2.71. The highest BCUT2D eigenvalue weighted by atomic mass is 35.5. The van der Waals surface area contributed by atoms with Crippen LogP contribution in [0.15, 0.2) is 48.5 Å². The molecule has 0 saturated carbocycles. The van der Waals surface area contributed by atoms with Gasteiger partial charge in [0.1, 0.15) is 5.75 Å². The van der Waals surface area contributed by atoms with Crippen molar-refractivity contribution in [3.05, 3.63) is 59.7 Å². The van der Waals surface area contributed by atoms with E-state index in [4.69, 9.17) is 10.5 Å². The van der Waals surface area contributed by atoms with Gasteiger partial charge in [0.15, 0.2) is 0 Å². The zero-order valence-electron chi connectivity index (χ0n) is 14.4. The molecule has 0 bridgehead atoms. The van der Waals surface area contributed by atoms with Crippen LogP contribution in [0.1, 0.15) is 29.8 Å². The van der Waals surface area contributed by atoms with E-state index in [2.05, 4.69) is 6.92 Å². The maximum atomic E-state index is 12.7. The summed E-state index contributed by atoms with van der Waals surface area (Å²) in [6.45, 7) is 4.72. The van der Waals surface area contributed by atoms with Crippen LogP contribution in [0.5, 0.6) is 5.75 Å². The van der Waals surface area contributed by atoms with E-state index in [1.807, 2.05) is 42.2 Å². The second kappa shape index (κ2) is 9.18. The first-order valence-corrected chi connectivity index (χ1v) is 7.84. The van der Waals surface area contributed by atoms with E-state index in [1.165, 1.54) is 5.56 Å². The summed E-state index contributed by atoms with van der Waals surface area (Å²) in [6.07, 6.45) is 0.798. The van der Waals surface area contributed by atoms with Gasteiger partial charge in [-0.15, -0.1) is 12.4 Å². The number of methoxy groups -OCH3 is 1. The number of benzene rings is 2. The number of nitrogens with zero attached hydrogens (tertiary/aromatic N) is 1. The van der Waals surface area contributed by atoms with Crippen LogP contribution in [0.2, 0.25) is 0 Å². The van der Waals surface area contributed by atoms with E-state index in [0.717, 1.165) is 12.2 Å². The number of anilines is 1. The zero-order valence-corrected chi connectivity index (χ0v) is 15.2. The first-order valence-electron chi connectivity index (χ1n) is 7.84. The number of amides is 1. The van der Waals surface area contributed by atoms with Gasteiger partial charge in [-0.3, -0.25) is 4.79 Å². The number of hydrogen-bond acceptors (Lipinski definition) is 3.